The van der Waals surface area contributed by atoms with Gasteiger partial charge >= 0.3 is 0 Å². The number of rotatable bonds is 5. The number of benzene rings is 2. The minimum atomic E-state index is -0.545. The smallest absolute Gasteiger partial charge is 0.276 e. The average molecular weight is 295 g/mol. The van der Waals surface area contributed by atoms with Gasteiger partial charge in [-0.15, -0.1) is 0 Å². The fraction of sp³-hybridized carbons (Fsp3) is 0.0588. The van der Waals surface area contributed by atoms with Crippen molar-refractivity contribution in [2.75, 3.05) is 0 Å². The maximum atomic E-state index is 12.4. The molecule has 2 aromatic rings. The summed E-state index contributed by atoms with van der Waals surface area (Å²) in [6, 6.07) is 14.3. The van der Waals surface area contributed by atoms with Crippen molar-refractivity contribution in [2.45, 2.75) is 6.92 Å². The van der Waals surface area contributed by atoms with Crippen molar-refractivity contribution < 1.29 is 14.5 Å². The molecule has 0 saturated heterocycles. The molecule has 0 atom stereocenters. The molecule has 0 N–H and O–H groups in total. The molecule has 0 aromatic heterocycles. The summed E-state index contributed by atoms with van der Waals surface area (Å²) >= 11 is 0. The molecule has 0 saturated carbocycles. The number of nitrogens with zero attached hydrogens (tertiary/aromatic N) is 1. The van der Waals surface area contributed by atoms with Crippen molar-refractivity contribution >= 4 is 23.3 Å². The molecule has 0 aliphatic carbocycles. The van der Waals surface area contributed by atoms with E-state index in [2.05, 4.69) is 0 Å². The highest BCUT2D eigenvalue weighted by Crippen LogP contribution is 2.22. The summed E-state index contributed by atoms with van der Waals surface area (Å²) in [5, 5.41) is 11.0. The van der Waals surface area contributed by atoms with Crippen LogP contribution in [0.1, 0.15) is 22.8 Å². The third kappa shape index (κ3) is 3.32. The lowest BCUT2D eigenvalue weighted by molar-refractivity contribution is -0.385. The fourth-order valence-corrected chi connectivity index (χ4v) is 2.00. The Balaban J connectivity index is 2.52. The molecule has 2 aromatic carbocycles. The molecular formula is C17H13NO4. The van der Waals surface area contributed by atoms with E-state index >= 15 is 0 Å². The first kappa shape index (κ1) is 15.3. The zero-order valence-electron chi connectivity index (χ0n) is 11.9. The van der Waals surface area contributed by atoms with E-state index < -0.39 is 16.5 Å². The van der Waals surface area contributed by atoms with Crippen molar-refractivity contribution in [1.82, 2.24) is 0 Å². The van der Waals surface area contributed by atoms with Gasteiger partial charge in [0.2, 0.25) is 0 Å². The number of para-hydroxylation sites is 1. The highest BCUT2D eigenvalue weighted by Gasteiger charge is 2.19. The molecule has 2 rings (SSSR count). The van der Waals surface area contributed by atoms with Gasteiger partial charge in [-0.25, -0.2) is 0 Å². The number of carbonyl (C=O) groups excluding carboxylic acids is 2. The van der Waals surface area contributed by atoms with Crippen LogP contribution in [0.3, 0.4) is 0 Å². The third-order valence-corrected chi connectivity index (χ3v) is 3.09. The molecular weight excluding hydrogens is 282 g/mol. The number of allylic oxidation sites excluding steroid dienone is 1. The molecule has 0 aliphatic rings. The number of nitro groups is 1. The molecule has 0 spiro atoms. The van der Waals surface area contributed by atoms with Gasteiger partial charge in [0.25, 0.3) is 5.69 Å². The van der Waals surface area contributed by atoms with Crippen LogP contribution in [0.4, 0.5) is 5.69 Å². The minimum absolute atomic E-state index is 0.0829. The van der Waals surface area contributed by atoms with Gasteiger partial charge in [0.05, 0.1) is 16.1 Å². The van der Waals surface area contributed by atoms with Gasteiger partial charge in [-0.2, -0.15) is 0 Å². The summed E-state index contributed by atoms with van der Waals surface area (Å²) in [5.74, 6) is -0.891. The molecule has 0 amide bonds. The van der Waals surface area contributed by atoms with E-state index in [4.69, 9.17) is 0 Å². The molecule has 5 heteroatoms. The summed E-state index contributed by atoms with van der Waals surface area (Å²) in [6.07, 6.45) is 1.27. The Morgan fingerprint density at radius 1 is 1.00 bits per heavy atom. The quantitative estimate of drug-likeness (QED) is 0.211. The van der Waals surface area contributed by atoms with E-state index in [1.54, 1.807) is 36.4 Å². The first-order valence-electron chi connectivity index (χ1n) is 6.56. The Kier molecular flexibility index (Phi) is 4.58. The second kappa shape index (κ2) is 6.58. The number of Topliss-reactive ketones (excluding diaryl/α,β-unsaturated/α-hetero) is 2. The summed E-state index contributed by atoms with van der Waals surface area (Å²) in [7, 11) is 0. The monoisotopic (exact) mass is 295 g/mol. The lowest BCUT2D eigenvalue weighted by Crippen LogP contribution is -2.10. The Hall–Kier alpha value is -3.08. The molecule has 22 heavy (non-hydrogen) atoms. The highest BCUT2D eigenvalue weighted by molar-refractivity contribution is 6.28. The van der Waals surface area contributed by atoms with Gasteiger partial charge < -0.3 is 0 Å². The maximum absolute atomic E-state index is 12.4. The number of ketones is 2. The molecule has 0 bridgehead atoms. The van der Waals surface area contributed by atoms with Gasteiger partial charge in [-0.1, -0.05) is 42.5 Å². The number of nitro benzene ring substituents is 1. The average Bonchev–Trinajstić information content (AvgIpc) is 2.52. The highest BCUT2D eigenvalue weighted by atomic mass is 16.6. The lowest BCUT2D eigenvalue weighted by Gasteiger charge is -2.04. The van der Waals surface area contributed by atoms with Gasteiger partial charge in [-0.3, -0.25) is 19.7 Å². The first-order chi connectivity index (χ1) is 10.5. The van der Waals surface area contributed by atoms with Crippen LogP contribution in [0.15, 0.2) is 60.2 Å². The van der Waals surface area contributed by atoms with E-state index in [-0.39, 0.29) is 16.8 Å². The second-order valence-electron chi connectivity index (χ2n) is 4.63. The summed E-state index contributed by atoms with van der Waals surface area (Å²) in [4.78, 5) is 34.7. The molecule has 0 aliphatic heterocycles. The summed E-state index contributed by atoms with van der Waals surface area (Å²) in [5.41, 5.74) is 0.354. The van der Waals surface area contributed by atoms with Crippen LogP contribution in [0.25, 0.3) is 6.08 Å². The Bertz CT molecular complexity index is 763. The van der Waals surface area contributed by atoms with Crippen LogP contribution >= 0.6 is 0 Å². The van der Waals surface area contributed by atoms with E-state index in [0.717, 1.165) is 0 Å². The van der Waals surface area contributed by atoms with E-state index in [9.17, 15) is 19.7 Å². The zero-order chi connectivity index (χ0) is 16.1. The first-order valence-corrected chi connectivity index (χ1v) is 6.56. The van der Waals surface area contributed by atoms with Crippen LogP contribution in [0.5, 0.6) is 0 Å². The molecule has 0 unspecified atom stereocenters. The number of carbonyl (C=O) groups is 2. The number of hydrogen-bond acceptors (Lipinski definition) is 4. The SMILES string of the molecule is CC(=O)/C(=C/c1ccccc1[N+](=O)[O-])C(=O)c1ccccc1. The fourth-order valence-electron chi connectivity index (χ4n) is 2.00. The van der Waals surface area contributed by atoms with Crippen molar-refractivity contribution in [3.63, 3.8) is 0 Å². The molecule has 5 nitrogen and oxygen atoms in total. The predicted molar refractivity (Wildman–Crippen MR) is 82.5 cm³/mol. The van der Waals surface area contributed by atoms with Crippen molar-refractivity contribution in [2.24, 2.45) is 0 Å². The third-order valence-electron chi connectivity index (χ3n) is 3.09. The van der Waals surface area contributed by atoms with E-state index in [1.807, 2.05) is 0 Å². The van der Waals surface area contributed by atoms with Crippen molar-refractivity contribution in [3.8, 4) is 0 Å². The lowest BCUT2D eigenvalue weighted by atomic mass is 9.98. The molecule has 0 heterocycles. The van der Waals surface area contributed by atoms with Gasteiger partial charge in [0, 0.05) is 11.6 Å². The maximum Gasteiger partial charge on any atom is 0.276 e. The van der Waals surface area contributed by atoms with Gasteiger partial charge in [0.1, 0.15) is 0 Å². The van der Waals surface area contributed by atoms with Gasteiger partial charge in [0.15, 0.2) is 11.6 Å². The van der Waals surface area contributed by atoms with Crippen LogP contribution < -0.4 is 0 Å². The Labute approximate surface area is 127 Å². The topological polar surface area (TPSA) is 77.3 Å². The van der Waals surface area contributed by atoms with E-state index in [1.165, 1.54) is 31.2 Å². The Morgan fingerprint density at radius 3 is 2.18 bits per heavy atom. The predicted octanol–water partition coefficient (Wildman–Crippen LogP) is 3.45. The minimum Gasteiger partial charge on any atom is -0.294 e. The van der Waals surface area contributed by atoms with Crippen LogP contribution in [0, 0.1) is 10.1 Å². The van der Waals surface area contributed by atoms with Crippen molar-refractivity contribution in [3.05, 3.63) is 81.4 Å². The second-order valence-corrected chi connectivity index (χ2v) is 4.63. The zero-order valence-corrected chi connectivity index (χ0v) is 11.9. The summed E-state index contributed by atoms with van der Waals surface area (Å²) < 4.78 is 0. The van der Waals surface area contributed by atoms with E-state index in [0.29, 0.717) is 5.56 Å². The molecule has 0 radical (unpaired) electrons. The van der Waals surface area contributed by atoms with Crippen LogP contribution in [0.2, 0.25) is 0 Å². The normalized spacial score (nSPS) is 11.0. The van der Waals surface area contributed by atoms with Crippen molar-refractivity contribution in [1.29, 1.82) is 0 Å². The Morgan fingerprint density at radius 2 is 1.59 bits per heavy atom. The summed E-state index contributed by atoms with van der Waals surface area (Å²) in [6.45, 7) is 1.27. The standard InChI is InChI=1S/C17H13NO4/c1-12(19)15(17(20)13-7-3-2-4-8-13)11-14-9-5-6-10-16(14)18(21)22/h2-11H,1H3/b15-11-. The number of hydrogen-bond donors (Lipinski definition) is 0. The molecule has 0 fully saturated rings. The van der Waals surface area contributed by atoms with Gasteiger partial charge in [-0.05, 0) is 19.1 Å². The van der Waals surface area contributed by atoms with Crippen LogP contribution in [-0.4, -0.2) is 16.5 Å². The largest absolute Gasteiger partial charge is 0.294 e. The molecule has 110 valence electrons. The van der Waals surface area contributed by atoms with Crippen LogP contribution in [-0.2, 0) is 4.79 Å².